The van der Waals surface area contributed by atoms with Crippen LogP contribution in [0.1, 0.15) is 17.5 Å². The third kappa shape index (κ3) is 3.26. The summed E-state index contributed by atoms with van der Waals surface area (Å²) >= 11 is 1.30. The van der Waals surface area contributed by atoms with Gasteiger partial charge in [0.15, 0.2) is 0 Å². The number of likely N-dealkylation sites (tertiary alicyclic amines) is 1. The van der Waals surface area contributed by atoms with Crippen molar-refractivity contribution < 1.29 is 9.21 Å². The Kier molecular flexibility index (Phi) is 3.96. The smallest absolute Gasteiger partial charge is 0.277 e. The summed E-state index contributed by atoms with van der Waals surface area (Å²) in [6.45, 7) is 5.82. The highest BCUT2D eigenvalue weighted by Gasteiger charge is 2.21. The molecule has 0 aliphatic carbocycles. The van der Waals surface area contributed by atoms with Crippen LogP contribution in [0.25, 0.3) is 11.5 Å². The quantitative estimate of drug-likeness (QED) is 0.813. The fourth-order valence-corrected chi connectivity index (χ4v) is 2.93. The van der Waals surface area contributed by atoms with Gasteiger partial charge in [-0.2, -0.15) is 0 Å². The van der Waals surface area contributed by atoms with E-state index in [1.165, 1.54) is 11.8 Å². The molecule has 6 heteroatoms. The van der Waals surface area contributed by atoms with E-state index in [4.69, 9.17) is 4.42 Å². The number of benzene rings is 1. The highest BCUT2D eigenvalue weighted by molar-refractivity contribution is 7.99. The Morgan fingerprint density at radius 1 is 1.24 bits per heavy atom. The lowest BCUT2D eigenvalue weighted by atomic mass is 10.1. The van der Waals surface area contributed by atoms with E-state index in [-0.39, 0.29) is 5.91 Å². The Labute approximate surface area is 127 Å². The first-order valence-corrected chi connectivity index (χ1v) is 7.93. The minimum absolute atomic E-state index is 0.136. The molecule has 110 valence electrons. The molecule has 1 aliphatic heterocycles. The van der Waals surface area contributed by atoms with E-state index in [2.05, 4.69) is 16.3 Å². The SMILES string of the molecule is Cc1cc(C)cc(-c2nnc(SCC(=O)N3CCC3)o2)c1. The third-order valence-corrected chi connectivity index (χ3v) is 4.21. The van der Waals surface area contributed by atoms with Gasteiger partial charge in [0.2, 0.25) is 11.8 Å². The van der Waals surface area contributed by atoms with Crippen molar-refractivity contribution in [3.63, 3.8) is 0 Å². The number of thioether (sulfide) groups is 1. The van der Waals surface area contributed by atoms with Gasteiger partial charge in [0.05, 0.1) is 5.75 Å². The number of carbonyl (C=O) groups is 1. The Bertz CT molecular complexity index is 644. The van der Waals surface area contributed by atoms with Crippen LogP contribution in [-0.2, 0) is 4.79 Å². The van der Waals surface area contributed by atoms with Crippen LogP contribution >= 0.6 is 11.8 Å². The van der Waals surface area contributed by atoms with Crippen molar-refractivity contribution in [1.82, 2.24) is 15.1 Å². The summed E-state index contributed by atoms with van der Waals surface area (Å²) < 4.78 is 5.63. The first kappa shape index (κ1) is 14.1. The summed E-state index contributed by atoms with van der Waals surface area (Å²) in [5.74, 6) is 0.993. The van der Waals surface area contributed by atoms with Gasteiger partial charge in [0.1, 0.15) is 0 Å². The number of nitrogens with zero attached hydrogens (tertiary/aromatic N) is 3. The number of rotatable bonds is 4. The second-order valence-electron chi connectivity index (χ2n) is 5.27. The van der Waals surface area contributed by atoms with Crippen LogP contribution in [0.2, 0.25) is 0 Å². The van der Waals surface area contributed by atoms with Gasteiger partial charge in [-0.05, 0) is 32.4 Å². The predicted octanol–water partition coefficient (Wildman–Crippen LogP) is 2.68. The number of hydrogen-bond donors (Lipinski definition) is 0. The first-order chi connectivity index (χ1) is 10.1. The molecule has 0 atom stereocenters. The van der Waals surface area contributed by atoms with Gasteiger partial charge in [-0.3, -0.25) is 4.79 Å². The maximum atomic E-state index is 11.8. The molecule has 0 radical (unpaired) electrons. The van der Waals surface area contributed by atoms with Crippen LogP contribution in [0.3, 0.4) is 0 Å². The van der Waals surface area contributed by atoms with E-state index in [1.54, 1.807) is 0 Å². The molecule has 1 aromatic carbocycles. The van der Waals surface area contributed by atoms with Gasteiger partial charge in [0.25, 0.3) is 5.22 Å². The van der Waals surface area contributed by atoms with Crippen LogP contribution in [0, 0.1) is 13.8 Å². The lowest BCUT2D eigenvalue weighted by Crippen LogP contribution is -2.43. The van der Waals surface area contributed by atoms with Gasteiger partial charge >= 0.3 is 0 Å². The van der Waals surface area contributed by atoms with Crippen molar-refractivity contribution in [2.45, 2.75) is 25.5 Å². The van der Waals surface area contributed by atoms with Gasteiger partial charge in [-0.15, -0.1) is 10.2 Å². The molecular weight excluding hydrogens is 286 g/mol. The Morgan fingerprint density at radius 2 is 1.95 bits per heavy atom. The van der Waals surface area contributed by atoms with Crippen molar-refractivity contribution in [3.05, 3.63) is 29.3 Å². The van der Waals surface area contributed by atoms with Gasteiger partial charge in [-0.1, -0.05) is 29.0 Å². The highest BCUT2D eigenvalue weighted by atomic mass is 32.2. The molecule has 1 amide bonds. The second kappa shape index (κ2) is 5.89. The monoisotopic (exact) mass is 303 g/mol. The van der Waals surface area contributed by atoms with Gasteiger partial charge in [-0.25, -0.2) is 0 Å². The number of aryl methyl sites for hydroxylation is 2. The molecule has 0 bridgehead atoms. The van der Waals surface area contributed by atoms with Crippen molar-refractivity contribution in [2.24, 2.45) is 0 Å². The molecule has 1 saturated heterocycles. The van der Waals surface area contributed by atoms with E-state index in [0.717, 1.165) is 36.2 Å². The summed E-state index contributed by atoms with van der Waals surface area (Å²) in [7, 11) is 0. The summed E-state index contributed by atoms with van der Waals surface area (Å²) in [5.41, 5.74) is 3.23. The summed E-state index contributed by atoms with van der Waals surface area (Å²) in [4.78, 5) is 13.6. The van der Waals surface area contributed by atoms with Crippen LogP contribution in [0.4, 0.5) is 0 Å². The summed E-state index contributed by atoms with van der Waals surface area (Å²) in [6, 6.07) is 6.13. The zero-order valence-electron chi connectivity index (χ0n) is 12.1. The lowest BCUT2D eigenvalue weighted by Gasteiger charge is -2.30. The summed E-state index contributed by atoms with van der Waals surface area (Å²) in [6.07, 6.45) is 1.10. The minimum atomic E-state index is 0.136. The lowest BCUT2D eigenvalue weighted by molar-refractivity contribution is -0.131. The largest absolute Gasteiger partial charge is 0.411 e. The minimum Gasteiger partial charge on any atom is -0.411 e. The molecule has 0 N–H and O–H groups in total. The maximum absolute atomic E-state index is 11.8. The Balaban J connectivity index is 1.66. The zero-order valence-corrected chi connectivity index (χ0v) is 12.9. The maximum Gasteiger partial charge on any atom is 0.277 e. The molecule has 21 heavy (non-hydrogen) atoms. The van der Waals surface area contributed by atoms with Crippen molar-refractivity contribution >= 4 is 17.7 Å². The third-order valence-electron chi connectivity index (χ3n) is 3.40. The normalized spacial score (nSPS) is 14.1. The van der Waals surface area contributed by atoms with Crippen LogP contribution in [-0.4, -0.2) is 39.8 Å². The molecule has 1 aromatic heterocycles. The molecule has 2 aromatic rings. The fraction of sp³-hybridized carbons (Fsp3) is 0.400. The van der Waals surface area contributed by atoms with Gasteiger partial charge < -0.3 is 9.32 Å². The van der Waals surface area contributed by atoms with Crippen molar-refractivity contribution in [3.8, 4) is 11.5 Å². The fourth-order valence-electron chi connectivity index (χ4n) is 2.26. The average Bonchev–Trinajstić information content (AvgIpc) is 2.82. The molecule has 1 aliphatic rings. The number of amides is 1. The standard InChI is InChI=1S/C15H17N3O2S/c1-10-6-11(2)8-12(7-10)14-16-17-15(20-14)21-9-13(19)18-4-3-5-18/h6-8H,3-5,9H2,1-2H3. The zero-order chi connectivity index (χ0) is 14.8. The topological polar surface area (TPSA) is 59.2 Å². The Morgan fingerprint density at radius 3 is 2.57 bits per heavy atom. The molecule has 3 rings (SSSR count). The van der Waals surface area contributed by atoms with Crippen molar-refractivity contribution in [1.29, 1.82) is 0 Å². The molecule has 2 heterocycles. The summed E-state index contributed by atoms with van der Waals surface area (Å²) in [5, 5.41) is 8.51. The highest BCUT2D eigenvalue weighted by Crippen LogP contribution is 2.25. The van der Waals surface area contributed by atoms with E-state index in [0.29, 0.717) is 16.9 Å². The number of carbonyl (C=O) groups excluding carboxylic acids is 1. The van der Waals surface area contributed by atoms with Gasteiger partial charge in [0, 0.05) is 18.7 Å². The van der Waals surface area contributed by atoms with E-state index in [1.807, 2.05) is 30.9 Å². The molecule has 0 unspecified atom stereocenters. The second-order valence-corrected chi connectivity index (χ2v) is 6.20. The molecule has 0 saturated carbocycles. The van der Waals surface area contributed by atoms with Crippen LogP contribution < -0.4 is 0 Å². The average molecular weight is 303 g/mol. The van der Waals surface area contributed by atoms with Crippen LogP contribution in [0.15, 0.2) is 27.8 Å². The molecule has 5 nitrogen and oxygen atoms in total. The first-order valence-electron chi connectivity index (χ1n) is 6.94. The molecule has 0 spiro atoms. The van der Waals surface area contributed by atoms with E-state index < -0.39 is 0 Å². The van der Waals surface area contributed by atoms with Crippen molar-refractivity contribution in [2.75, 3.05) is 18.8 Å². The van der Waals surface area contributed by atoms with Crippen LogP contribution in [0.5, 0.6) is 0 Å². The number of hydrogen-bond acceptors (Lipinski definition) is 5. The number of aromatic nitrogens is 2. The Hall–Kier alpha value is -1.82. The van der Waals surface area contributed by atoms with E-state index >= 15 is 0 Å². The molecule has 1 fully saturated rings. The van der Waals surface area contributed by atoms with E-state index in [9.17, 15) is 4.79 Å². The predicted molar refractivity (Wildman–Crippen MR) is 81.1 cm³/mol. The molecular formula is C15H17N3O2S.